The number of hydrogen-bond donors (Lipinski definition) is 3. The second-order valence-electron chi connectivity index (χ2n) is 12.2. The molecule has 0 bridgehead atoms. The molecule has 0 spiro atoms. The van der Waals surface area contributed by atoms with E-state index in [2.05, 4.69) is 39.0 Å². The second kappa shape index (κ2) is 12.4. The molecule has 5 nitrogen and oxygen atoms in total. The molecule has 0 aromatic heterocycles. The highest BCUT2D eigenvalue weighted by Crippen LogP contribution is 2.53. The number of benzene rings is 2. The van der Waals surface area contributed by atoms with Crippen LogP contribution in [0.1, 0.15) is 110 Å². The van der Waals surface area contributed by atoms with Crippen molar-refractivity contribution >= 4 is 0 Å². The van der Waals surface area contributed by atoms with Crippen LogP contribution in [0.4, 0.5) is 0 Å². The van der Waals surface area contributed by atoms with Gasteiger partial charge in [0.05, 0.1) is 34.0 Å². The molecule has 210 valence electrons. The molecule has 2 aromatic rings. The van der Waals surface area contributed by atoms with Crippen LogP contribution < -0.4 is 9.47 Å². The minimum atomic E-state index is -0.117. The molecule has 4 rings (SSSR count). The predicted molar refractivity (Wildman–Crippen MR) is 152 cm³/mol. The summed E-state index contributed by atoms with van der Waals surface area (Å²) in [5.74, 6) is 3.99. The third kappa shape index (κ3) is 5.48. The van der Waals surface area contributed by atoms with Crippen molar-refractivity contribution in [2.75, 3.05) is 14.2 Å². The van der Waals surface area contributed by atoms with Gasteiger partial charge < -0.3 is 24.8 Å². The van der Waals surface area contributed by atoms with Gasteiger partial charge in [0.2, 0.25) is 0 Å². The summed E-state index contributed by atoms with van der Waals surface area (Å²) in [6.45, 7) is 6.92. The van der Waals surface area contributed by atoms with Gasteiger partial charge in [0, 0.05) is 5.56 Å². The second-order valence-corrected chi connectivity index (χ2v) is 12.2. The number of rotatable bonds is 9. The van der Waals surface area contributed by atoms with Gasteiger partial charge in [-0.25, -0.2) is 0 Å². The first kappa shape index (κ1) is 28.9. The van der Waals surface area contributed by atoms with Gasteiger partial charge in [0.1, 0.15) is 11.5 Å². The summed E-state index contributed by atoms with van der Waals surface area (Å²) in [6, 6.07) is 8.29. The standard InChI is InChI=1S/C33H48O5/c1-21-29(19-35)27(16-17-31(21)37-4)22-6-11-25(12-7-22)33(2,3)26-13-8-23(9-14-26)28-15-10-24(18-34)30(20-36)32(28)38-5/h10,15-17,22-23,25-26,34-36H,6-9,11-14,18-20H2,1-5H3. The van der Waals surface area contributed by atoms with Gasteiger partial charge in [-0.2, -0.15) is 0 Å². The number of hydrogen-bond acceptors (Lipinski definition) is 5. The highest BCUT2D eigenvalue weighted by atomic mass is 16.5. The topological polar surface area (TPSA) is 79.2 Å². The van der Waals surface area contributed by atoms with Crippen LogP contribution in [0.2, 0.25) is 0 Å². The quantitative estimate of drug-likeness (QED) is 0.338. The first-order valence-electron chi connectivity index (χ1n) is 14.5. The zero-order valence-corrected chi connectivity index (χ0v) is 24.1. The fourth-order valence-electron chi connectivity index (χ4n) is 7.77. The largest absolute Gasteiger partial charge is 0.496 e. The Kier molecular flexibility index (Phi) is 9.44. The summed E-state index contributed by atoms with van der Waals surface area (Å²) in [5.41, 5.74) is 6.38. The van der Waals surface area contributed by atoms with Crippen molar-refractivity contribution in [3.8, 4) is 11.5 Å². The number of aliphatic hydroxyl groups is 3. The molecular formula is C33H48O5. The SMILES string of the molecule is COc1ccc(C2CCC(C(C)(C)C3CCC(c4ccc(CO)c(CO)c4OC)CC3)CC2)c(CO)c1C. The first-order chi connectivity index (χ1) is 18.3. The molecule has 0 amide bonds. The lowest BCUT2D eigenvalue weighted by Gasteiger charge is -2.47. The van der Waals surface area contributed by atoms with Gasteiger partial charge in [-0.3, -0.25) is 0 Å². The van der Waals surface area contributed by atoms with E-state index in [4.69, 9.17) is 9.47 Å². The Hall–Kier alpha value is -2.08. The summed E-state index contributed by atoms with van der Waals surface area (Å²) >= 11 is 0. The van der Waals surface area contributed by atoms with Crippen molar-refractivity contribution in [1.29, 1.82) is 0 Å². The first-order valence-corrected chi connectivity index (χ1v) is 14.5. The third-order valence-corrected chi connectivity index (χ3v) is 10.3. The Morgan fingerprint density at radius 1 is 0.684 bits per heavy atom. The van der Waals surface area contributed by atoms with Crippen molar-refractivity contribution < 1.29 is 24.8 Å². The van der Waals surface area contributed by atoms with Gasteiger partial charge in [-0.1, -0.05) is 32.0 Å². The lowest BCUT2D eigenvalue weighted by molar-refractivity contribution is 0.0510. The van der Waals surface area contributed by atoms with Crippen LogP contribution in [0.15, 0.2) is 24.3 Å². The molecule has 0 saturated heterocycles. The van der Waals surface area contributed by atoms with Gasteiger partial charge in [-0.15, -0.1) is 0 Å². The number of methoxy groups -OCH3 is 2. The maximum Gasteiger partial charge on any atom is 0.128 e. The Balaban J connectivity index is 1.40. The molecule has 0 atom stereocenters. The number of aliphatic hydroxyl groups excluding tert-OH is 3. The average Bonchev–Trinajstić information content (AvgIpc) is 2.96. The van der Waals surface area contributed by atoms with Crippen molar-refractivity contribution in [2.24, 2.45) is 17.3 Å². The lowest BCUT2D eigenvalue weighted by Crippen LogP contribution is -2.36. The van der Waals surface area contributed by atoms with Crippen LogP contribution in [0, 0.1) is 24.2 Å². The fraction of sp³-hybridized carbons (Fsp3) is 0.636. The number of ether oxygens (including phenoxy) is 2. The van der Waals surface area contributed by atoms with E-state index in [1.165, 1.54) is 49.7 Å². The van der Waals surface area contributed by atoms with Crippen LogP contribution >= 0.6 is 0 Å². The molecule has 2 aromatic carbocycles. The van der Waals surface area contributed by atoms with Gasteiger partial charge in [-0.05, 0) is 121 Å². The molecule has 3 N–H and O–H groups in total. The zero-order valence-electron chi connectivity index (χ0n) is 24.1. The van der Waals surface area contributed by atoms with Crippen molar-refractivity contribution in [3.63, 3.8) is 0 Å². The van der Waals surface area contributed by atoms with E-state index in [9.17, 15) is 15.3 Å². The minimum Gasteiger partial charge on any atom is -0.496 e. The van der Waals surface area contributed by atoms with Gasteiger partial charge in [0.25, 0.3) is 0 Å². The fourth-order valence-corrected chi connectivity index (χ4v) is 7.77. The summed E-state index contributed by atoms with van der Waals surface area (Å²) in [7, 11) is 3.36. The molecule has 2 aliphatic rings. The lowest BCUT2D eigenvalue weighted by atomic mass is 9.58. The van der Waals surface area contributed by atoms with Gasteiger partial charge in [0.15, 0.2) is 0 Å². The zero-order chi connectivity index (χ0) is 27.4. The maximum atomic E-state index is 10.1. The molecule has 2 aliphatic carbocycles. The summed E-state index contributed by atoms with van der Waals surface area (Å²) < 4.78 is 11.2. The molecule has 5 heteroatoms. The minimum absolute atomic E-state index is 0.0698. The average molecular weight is 525 g/mol. The Morgan fingerprint density at radius 2 is 1.21 bits per heavy atom. The Bertz CT molecular complexity index is 1080. The molecule has 0 radical (unpaired) electrons. The van der Waals surface area contributed by atoms with Crippen molar-refractivity contribution in [2.45, 2.75) is 104 Å². The normalized spacial score (nSPS) is 24.3. The van der Waals surface area contributed by atoms with E-state index >= 15 is 0 Å². The summed E-state index contributed by atoms with van der Waals surface area (Å²) in [4.78, 5) is 0. The van der Waals surface area contributed by atoms with Crippen LogP contribution in [0.3, 0.4) is 0 Å². The van der Waals surface area contributed by atoms with Crippen LogP contribution in [0.25, 0.3) is 0 Å². The van der Waals surface area contributed by atoms with Crippen LogP contribution in [0.5, 0.6) is 11.5 Å². The molecule has 2 fully saturated rings. The highest BCUT2D eigenvalue weighted by molar-refractivity contribution is 5.48. The van der Waals surface area contributed by atoms with Gasteiger partial charge >= 0.3 is 0 Å². The predicted octanol–water partition coefficient (Wildman–Crippen LogP) is 6.76. The molecule has 2 saturated carbocycles. The van der Waals surface area contributed by atoms with E-state index in [-0.39, 0.29) is 19.8 Å². The smallest absolute Gasteiger partial charge is 0.128 e. The molecule has 0 heterocycles. The van der Waals surface area contributed by atoms with E-state index in [1.807, 2.05) is 6.07 Å². The Morgan fingerprint density at radius 3 is 1.68 bits per heavy atom. The van der Waals surface area contributed by atoms with Crippen molar-refractivity contribution in [3.05, 3.63) is 57.6 Å². The van der Waals surface area contributed by atoms with E-state index in [1.54, 1.807) is 14.2 Å². The monoisotopic (exact) mass is 524 g/mol. The third-order valence-electron chi connectivity index (χ3n) is 10.3. The van der Waals surface area contributed by atoms with Crippen LogP contribution in [-0.4, -0.2) is 29.5 Å². The van der Waals surface area contributed by atoms with E-state index < -0.39 is 0 Å². The maximum absolute atomic E-state index is 10.1. The van der Waals surface area contributed by atoms with Crippen molar-refractivity contribution in [1.82, 2.24) is 0 Å². The van der Waals surface area contributed by atoms with E-state index in [0.29, 0.717) is 23.2 Å². The van der Waals surface area contributed by atoms with E-state index in [0.717, 1.165) is 52.5 Å². The molecular weight excluding hydrogens is 476 g/mol. The molecule has 38 heavy (non-hydrogen) atoms. The molecule has 0 unspecified atom stereocenters. The Labute approximate surface area is 229 Å². The van der Waals surface area contributed by atoms with Crippen LogP contribution in [-0.2, 0) is 19.8 Å². The molecule has 0 aliphatic heterocycles. The summed E-state index contributed by atoms with van der Waals surface area (Å²) in [5, 5.41) is 29.7. The highest BCUT2D eigenvalue weighted by Gasteiger charge is 2.41. The summed E-state index contributed by atoms with van der Waals surface area (Å²) in [6.07, 6.45) is 9.53.